The largest absolute Gasteiger partial charge is 0.297 e. The first-order valence-electron chi connectivity index (χ1n) is 10.2. The van der Waals surface area contributed by atoms with Gasteiger partial charge in [-0.3, -0.25) is 8.37 Å². The summed E-state index contributed by atoms with van der Waals surface area (Å²) in [4.78, 5) is -0.355. The molecule has 1 aliphatic rings. The van der Waals surface area contributed by atoms with E-state index in [4.69, 9.17) is 12.5 Å². The molecule has 0 amide bonds. The summed E-state index contributed by atoms with van der Waals surface area (Å²) in [5.41, 5.74) is 1.66. The third-order valence-corrected chi connectivity index (χ3v) is 6.93. The molecule has 2 aromatic carbocycles. The average molecular weight is 428 g/mol. The Labute approximate surface area is 171 Å². The van der Waals surface area contributed by atoms with Gasteiger partial charge in [-0.15, -0.1) is 0 Å². The first kappa shape index (κ1) is 17.1. The summed E-state index contributed by atoms with van der Waals surface area (Å²) in [6.45, 7) is 3.57. The van der Waals surface area contributed by atoms with E-state index in [9.17, 15) is 16.8 Å². The van der Waals surface area contributed by atoms with Gasteiger partial charge in [0.25, 0.3) is 20.2 Å². The van der Waals surface area contributed by atoms with E-state index in [0.717, 1.165) is 11.1 Å². The number of aryl methyl sites for hydroxylation is 2. The van der Waals surface area contributed by atoms with Crippen molar-refractivity contribution < 1.29 is 29.3 Å². The Hall–Kier alpha value is -1.74. The van der Waals surface area contributed by atoms with Crippen molar-refractivity contribution in [3.05, 3.63) is 59.7 Å². The molecule has 3 rings (SSSR count). The van der Waals surface area contributed by atoms with Crippen LogP contribution in [-0.4, -0.2) is 29.0 Å². The quantitative estimate of drug-likeness (QED) is 0.653. The predicted molar refractivity (Wildman–Crippen MR) is 105 cm³/mol. The highest BCUT2D eigenvalue weighted by Gasteiger charge is 2.35. The lowest BCUT2D eigenvalue weighted by Gasteiger charge is -2.30. The maximum absolute atomic E-state index is 12.8. The molecule has 0 bridgehead atoms. The van der Waals surface area contributed by atoms with Gasteiger partial charge in [-0.05, 0) is 51.0 Å². The summed E-state index contributed by atoms with van der Waals surface area (Å²) in [5.74, 6) is 0. The molecule has 0 unspecified atom stereocenters. The monoisotopic (exact) mass is 427 g/mol. The molecule has 1 fully saturated rings. The minimum absolute atomic E-state index is 0.173. The number of hydrogen-bond donors (Lipinski definition) is 0. The zero-order valence-electron chi connectivity index (χ0n) is 18.6. The van der Waals surface area contributed by atoms with Crippen molar-refractivity contribution in [3.8, 4) is 0 Å². The minimum atomic E-state index is -4.42. The van der Waals surface area contributed by atoms with Crippen LogP contribution in [0, 0.1) is 13.8 Å². The highest BCUT2D eigenvalue weighted by molar-refractivity contribution is 7.87. The van der Waals surface area contributed by atoms with Crippen molar-refractivity contribution in [1.29, 1.82) is 0 Å². The zero-order chi connectivity index (χ0) is 23.1. The van der Waals surface area contributed by atoms with E-state index in [1.54, 1.807) is 38.1 Å². The van der Waals surface area contributed by atoms with Gasteiger partial charge in [0.15, 0.2) is 0 Å². The van der Waals surface area contributed by atoms with Gasteiger partial charge in [0, 0.05) is 2.74 Å². The SMILES string of the molecule is [2H]C1([2H])CC[C@@]([2H])(OS(=O)(=O)c2ccc(C)cc2)[C@@H](OS(=O)(=O)c2ccc(C)cc2)C1. The Kier molecular flexibility index (Phi) is 5.10. The van der Waals surface area contributed by atoms with Gasteiger partial charge in [-0.1, -0.05) is 48.2 Å². The lowest BCUT2D eigenvalue weighted by atomic mass is 9.95. The van der Waals surface area contributed by atoms with Crippen LogP contribution in [0.3, 0.4) is 0 Å². The molecule has 2 aromatic rings. The van der Waals surface area contributed by atoms with Gasteiger partial charge in [0.1, 0.15) is 12.2 Å². The van der Waals surface area contributed by atoms with E-state index in [2.05, 4.69) is 0 Å². The molecule has 8 heteroatoms. The molecule has 28 heavy (non-hydrogen) atoms. The van der Waals surface area contributed by atoms with Crippen molar-refractivity contribution in [2.45, 2.75) is 61.5 Å². The molecular weight excluding hydrogens is 400 g/mol. The molecule has 1 saturated carbocycles. The van der Waals surface area contributed by atoms with Crippen LogP contribution < -0.4 is 0 Å². The third kappa shape index (κ3) is 5.00. The molecular formula is C20H24O6S2. The van der Waals surface area contributed by atoms with Crippen molar-refractivity contribution in [1.82, 2.24) is 0 Å². The van der Waals surface area contributed by atoms with Gasteiger partial charge in [0.05, 0.1) is 11.2 Å². The fraction of sp³-hybridized carbons (Fsp3) is 0.400. The van der Waals surface area contributed by atoms with Crippen LogP contribution in [0.4, 0.5) is 0 Å². The highest BCUT2D eigenvalue weighted by Crippen LogP contribution is 2.30. The van der Waals surface area contributed by atoms with Crippen LogP contribution >= 0.6 is 0 Å². The lowest BCUT2D eigenvalue weighted by molar-refractivity contribution is 0.0311. The molecule has 0 radical (unpaired) electrons. The lowest BCUT2D eigenvalue weighted by Crippen LogP contribution is -2.37. The van der Waals surface area contributed by atoms with E-state index >= 15 is 0 Å². The third-order valence-electron chi connectivity index (χ3n) is 4.32. The van der Waals surface area contributed by atoms with E-state index in [1.807, 2.05) is 0 Å². The second-order valence-corrected chi connectivity index (χ2v) is 9.74. The molecule has 0 N–H and O–H groups in total. The van der Waals surface area contributed by atoms with Gasteiger partial charge in [-0.25, -0.2) is 0 Å². The fourth-order valence-electron chi connectivity index (χ4n) is 2.71. The maximum Gasteiger partial charge on any atom is 0.297 e. The normalized spacial score (nSPS) is 26.8. The van der Waals surface area contributed by atoms with Crippen LogP contribution in [0.15, 0.2) is 58.3 Å². The molecule has 0 heterocycles. The second-order valence-electron chi connectivity index (χ2n) is 6.62. The van der Waals surface area contributed by atoms with Crippen LogP contribution in [0.5, 0.6) is 0 Å². The van der Waals surface area contributed by atoms with Crippen LogP contribution in [0.25, 0.3) is 0 Å². The standard InChI is InChI=1S/C20H24O6S2/c1-15-7-11-17(12-8-15)27(21,22)25-19-5-3-4-6-20(19)26-28(23,24)18-13-9-16(2)10-14-18/h7-14,19-20H,3-6H2,1-2H3/t19-,20+/i3D2,20D/m0/s1. The summed E-state index contributed by atoms with van der Waals surface area (Å²) >= 11 is 0. The smallest absolute Gasteiger partial charge is 0.260 e. The van der Waals surface area contributed by atoms with Crippen molar-refractivity contribution in [3.63, 3.8) is 0 Å². The molecule has 0 aliphatic heterocycles. The first-order chi connectivity index (χ1) is 14.2. The Balaban J connectivity index is 1.93. The molecule has 0 spiro atoms. The molecule has 0 saturated heterocycles. The van der Waals surface area contributed by atoms with E-state index < -0.39 is 45.2 Å². The second kappa shape index (κ2) is 8.32. The fourth-order valence-corrected chi connectivity index (χ4v) is 4.81. The van der Waals surface area contributed by atoms with Crippen LogP contribution in [0.1, 0.15) is 40.9 Å². The first-order valence-corrected chi connectivity index (χ1v) is 11.6. The van der Waals surface area contributed by atoms with Gasteiger partial charge < -0.3 is 0 Å². The van der Waals surface area contributed by atoms with Gasteiger partial charge in [-0.2, -0.15) is 16.8 Å². The Morgan fingerprint density at radius 3 is 1.79 bits per heavy atom. The van der Waals surface area contributed by atoms with Gasteiger partial charge in [0.2, 0.25) is 0 Å². The van der Waals surface area contributed by atoms with Crippen molar-refractivity contribution in [2.75, 3.05) is 0 Å². The zero-order valence-corrected chi connectivity index (χ0v) is 17.2. The topological polar surface area (TPSA) is 86.7 Å². The molecule has 2 atom stereocenters. The maximum atomic E-state index is 12.8. The van der Waals surface area contributed by atoms with E-state index in [-0.39, 0.29) is 22.6 Å². The van der Waals surface area contributed by atoms with Crippen LogP contribution in [-0.2, 0) is 28.6 Å². The molecule has 152 valence electrons. The summed E-state index contributed by atoms with van der Waals surface area (Å²) in [5, 5.41) is 0. The Bertz CT molecular complexity index is 1150. The molecule has 1 aliphatic carbocycles. The summed E-state index contributed by atoms with van der Waals surface area (Å²) in [6.07, 6.45) is -6.86. The van der Waals surface area contributed by atoms with Crippen molar-refractivity contribution in [2.24, 2.45) is 0 Å². The summed E-state index contributed by atoms with van der Waals surface area (Å²) in [6, 6.07) is 11.6. The van der Waals surface area contributed by atoms with E-state index in [0.29, 0.717) is 0 Å². The number of hydrogen-bond acceptors (Lipinski definition) is 6. The van der Waals surface area contributed by atoms with Crippen LogP contribution in [0.2, 0.25) is 0 Å². The van der Waals surface area contributed by atoms with E-state index in [1.165, 1.54) is 24.3 Å². The summed E-state index contributed by atoms with van der Waals surface area (Å²) in [7, 11) is -8.80. The Morgan fingerprint density at radius 1 is 0.821 bits per heavy atom. The Morgan fingerprint density at radius 2 is 1.29 bits per heavy atom. The average Bonchev–Trinajstić information content (AvgIpc) is 2.65. The number of rotatable bonds is 6. The van der Waals surface area contributed by atoms with Gasteiger partial charge >= 0.3 is 0 Å². The highest BCUT2D eigenvalue weighted by atomic mass is 32.2. The molecule has 0 aromatic heterocycles. The minimum Gasteiger partial charge on any atom is -0.260 e. The summed E-state index contributed by atoms with van der Waals surface area (Å²) < 4.78 is 86.0. The van der Waals surface area contributed by atoms with Crippen molar-refractivity contribution >= 4 is 20.2 Å². The molecule has 6 nitrogen and oxygen atoms in total. The number of benzene rings is 2. The predicted octanol–water partition coefficient (Wildman–Crippen LogP) is 3.73.